The van der Waals surface area contributed by atoms with E-state index in [2.05, 4.69) is 12.2 Å². The monoisotopic (exact) mass is 545 g/mol. The first-order chi connectivity index (χ1) is 18.0. The Kier molecular flexibility index (Phi) is 12.1. The lowest BCUT2D eigenvalue weighted by molar-refractivity contribution is -0.141. The molecule has 0 bridgehead atoms. The van der Waals surface area contributed by atoms with Crippen molar-refractivity contribution in [1.82, 2.24) is 10.2 Å². The lowest BCUT2D eigenvalue weighted by Gasteiger charge is -2.31. The number of unbranched alkanes of at least 4 members (excludes halogenated alkanes) is 1. The van der Waals surface area contributed by atoms with Crippen molar-refractivity contribution >= 4 is 27.5 Å². The normalized spacial score (nSPS) is 12.1. The number of methoxy groups -OCH3 is 1. The Bertz CT molecular complexity index is 1140. The van der Waals surface area contributed by atoms with Gasteiger partial charge in [-0.25, -0.2) is 8.42 Å². The zero-order chi connectivity index (χ0) is 28.3. The first kappa shape index (κ1) is 31.1. The van der Waals surface area contributed by atoms with E-state index in [4.69, 9.17) is 4.74 Å². The maximum Gasteiger partial charge on any atom is 0.242 e. The van der Waals surface area contributed by atoms with Gasteiger partial charge in [-0.2, -0.15) is 0 Å². The van der Waals surface area contributed by atoms with Gasteiger partial charge in [0.25, 0.3) is 0 Å². The molecule has 0 heterocycles. The molecule has 38 heavy (non-hydrogen) atoms. The van der Waals surface area contributed by atoms with Crippen molar-refractivity contribution in [2.75, 3.05) is 30.8 Å². The van der Waals surface area contributed by atoms with Crippen molar-refractivity contribution < 1.29 is 22.7 Å². The fourth-order valence-electron chi connectivity index (χ4n) is 4.45. The summed E-state index contributed by atoms with van der Waals surface area (Å²) in [4.78, 5) is 28.2. The highest BCUT2D eigenvalue weighted by molar-refractivity contribution is 7.92. The van der Waals surface area contributed by atoms with E-state index in [9.17, 15) is 18.0 Å². The van der Waals surface area contributed by atoms with Gasteiger partial charge in [-0.3, -0.25) is 13.9 Å². The summed E-state index contributed by atoms with van der Waals surface area (Å²) in [5.41, 5.74) is 3.41. The molecule has 0 unspecified atom stereocenters. The van der Waals surface area contributed by atoms with Gasteiger partial charge < -0.3 is 15.0 Å². The summed E-state index contributed by atoms with van der Waals surface area (Å²) < 4.78 is 31.8. The Morgan fingerprint density at radius 1 is 1.00 bits per heavy atom. The molecule has 0 aliphatic heterocycles. The van der Waals surface area contributed by atoms with Crippen LogP contribution in [0.25, 0.3) is 0 Å². The van der Waals surface area contributed by atoms with Crippen molar-refractivity contribution in [3.05, 3.63) is 59.2 Å². The second-order valence-electron chi connectivity index (χ2n) is 9.72. The fraction of sp³-hybridized carbons (Fsp3) is 0.517. The average molecular weight is 546 g/mol. The lowest BCUT2D eigenvalue weighted by atomic mass is 10.1. The van der Waals surface area contributed by atoms with Crippen LogP contribution in [0.5, 0.6) is 5.75 Å². The van der Waals surface area contributed by atoms with Gasteiger partial charge in [0, 0.05) is 26.1 Å². The van der Waals surface area contributed by atoms with E-state index in [1.807, 2.05) is 63.2 Å². The summed E-state index contributed by atoms with van der Waals surface area (Å²) in [7, 11) is -1.95. The van der Waals surface area contributed by atoms with Crippen LogP contribution in [-0.4, -0.2) is 57.6 Å². The smallest absolute Gasteiger partial charge is 0.242 e. The fourth-order valence-corrected chi connectivity index (χ4v) is 5.40. The van der Waals surface area contributed by atoms with Crippen LogP contribution in [-0.2, 0) is 26.2 Å². The van der Waals surface area contributed by atoms with Gasteiger partial charge in [0.15, 0.2) is 0 Å². The van der Waals surface area contributed by atoms with E-state index in [0.717, 1.165) is 29.5 Å². The van der Waals surface area contributed by atoms with Crippen LogP contribution in [0.15, 0.2) is 42.5 Å². The second-order valence-corrected chi connectivity index (χ2v) is 11.6. The number of rotatable bonds is 15. The molecule has 0 saturated carbocycles. The molecule has 2 amide bonds. The molecule has 210 valence electrons. The molecule has 2 rings (SSSR count). The van der Waals surface area contributed by atoms with Crippen LogP contribution in [0.3, 0.4) is 0 Å². The maximum atomic E-state index is 13.5. The number of nitrogens with zero attached hydrogens (tertiary/aromatic N) is 2. The second kappa shape index (κ2) is 14.8. The average Bonchev–Trinajstić information content (AvgIpc) is 2.85. The number of benzene rings is 2. The summed E-state index contributed by atoms with van der Waals surface area (Å²) in [6.45, 7) is 8.81. The molecule has 9 heteroatoms. The van der Waals surface area contributed by atoms with Crippen molar-refractivity contribution in [2.24, 2.45) is 0 Å². The number of nitrogens with one attached hydrogen (secondary N) is 1. The molecule has 0 aromatic heterocycles. The molecule has 1 N–H and O–H groups in total. The number of carbonyl (C=O) groups excluding carboxylic acids is 2. The van der Waals surface area contributed by atoms with E-state index in [0.29, 0.717) is 30.8 Å². The van der Waals surface area contributed by atoms with Crippen LogP contribution < -0.4 is 14.4 Å². The van der Waals surface area contributed by atoms with E-state index in [1.165, 1.54) is 10.6 Å². The molecule has 1 atom stereocenters. The number of sulfonamides is 1. The van der Waals surface area contributed by atoms with Gasteiger partial charge in [0.1, 0.15) is 11.8 Å². The van der Waals surface area contributed by atoms with Crippen molar-refractivity contribution in [3.8, 4) is 5.75 Å². The van der Waals surface area contributed by atoms with Crippen LogP contribution in [0.2, 0.25) is 0 Å². The standard InChI is InChI=1S/C29H43N3O5S/c1-7-9-16-30-29(34)27(8-2)31(21-24-12-14-26(37-5)15-13-24)28(33)11-10-17-32(38(6,35)36)25-19-22(3)18-23(4)20-25/h12-15,18-20,27H,7-11,16-17,21H2,1-6H3,(H,30,34)/t27-/m1/s1. The minimum absolute atomic E-state index is 0.117. The highest BCUT2D eigenvalue weighted by Gasteiger charge is 2.28. The predicted octanol–water partition coefficient (Wildman–Crippen LogP) is 4.58. The highest BCUT2D eigenvalue weighted by Crippen LogP contribution is 2.23. The van der Waals surface area contributed by atoms with Gasteiger partial charge in [0.05, 0.1) is 19.1 Å². The molecule has 0 fully saturated rings. The van der Waals surface area contributed by atoms with Crippen molar-refractivity contribution in [1.29, 1.82) is 0 Å². The molecule has 0 spiro atoms. The zero-order valence-corrected chi connectivity index (χ0v) is 24.4. The topological polar surface area (TPSA) is 96.0 Å². The molecule has 2 aromatic carbocycles. The highest BCUT2D eigenvalue weighted by atomic mass is 32.2. The predicted molar refractivity (Wildman–Crippen MR) is 153 cm³/mol. The summed E-state index contributed by atoms with van der Waals surface area (Å²) in [5.74, 6) is 0.353. The first-order valence-corrected chi connectivity index (χ1v) is 15.1. The van der Waals surface area contributed by atoms with Crippen LogP contribution in [0.1, 0.15) is 62.6 Å². The summed E-state index contributed by atoms with van der Waals surface area (Å²) >= 11 is 0. The Balaban J connectivity index is 2.22. The third-order valence-electron chi connectivity index (χ3n) is 6.37. The van der Waals surface area contributed by atoms with E-state index in [-0.39, 0.29) is 31.3 Å². The van der Waals surface area contributed by atoms with Crippen LogP contribution in [0.4, 0.5) is 5.69 Å². The molecule has 0 radical (unpaired) electrons. The van der Waals surface area contributed by atoms with Gasteiger partial charge in [-0.15, -0.1) is 0 Å². The molecule has 2 aromatic rings. The van der Waals surface area contributed by atoms with Crippen molar-refractivity contribution in [2.45, 2.75) is 72.4 Å². The number of anilines is 1. The Morgan fingerprint density at radius 2 is 1.63 bits per heavy atom. The Hall–Kier alpha value is -3.07. The van der Waals surface area contributed by atoms with Crippen molar-refractivity contribution in [3.63, 3.8) is 0 Å². The maximum absolute atomic E-state index is 13.5. The van der Waals surface area contributed by atoms with Gasteiger partial charge in [-0.05, 0) is 74.1 Å². The number of ether oxygens (including phenoxy) is 1. The zero-order valence-electron chi connectivity index (χ0n) is 23.6. The number of hydrogen-bond acceptors (Lipinski definition) is 5. The van der Waals surface area contributed by atoms with E-state index >= 15 is 0 Å². The van der Waals surface area contributed by atoms with E-state index < -0.39 is 16.1 Å². The number of carbonyl (C=O) groups is 2. The molecular weight excluding hydrogens is 502 g/mol. The molecule has 0 aliphatic rings. The third kappa shape index (κ3) is 9.35. The first-order valence-electron chi connectivity index (χ1n) is 13.3. The van der Waals surface area contributed by atoms with Crippen LogP contribution >= 0.6 is 0 Å². The third-order valence-corrected chi connectivity index (χ3v) is 7.57. The Labute approximate surface area is 228 Å². The summed E-state index contributed by atoms with van der Waals surface area (Å²) in [6, 6.07) is 12.5. The van der Waals surface area contributed by atoms with Crippen LogP contribution in [0, 0.1) is 13.8 Å². The number of hydrogen-bond donors (Lipinski definition) is 1. The minimum Gasteiger partial charge on any atom is -0.497 e. The molecular formula is C29H43N3O5S. The molecule has 0 saturated heterocycles. The Morgan fingerprint density at radius 3 is 2.16 bits per heavy atom. The quantitative estimate of drug-likeness (QED) is 0.331. The molecule has 0 aliphatic carbocycles. The van der Waals surface area contributed by atoms with Gasteiger partial charge in [0.2, 0.25) is 21.8 Å². The lowest BCUT2D eigenvalue weighted by Crippen LogP contribution is -2.49. The van der Waals surface area contributed by atoms with Gasteiger partial charge >= 0.3 is 0 Å². The van der Waals surface area contributed by atoms with E-state index in [1.54, 1.807) is 12.0 Å². The summed E-state index contributed by atoms with van der Waals surface area (Å²) in [5, 5.41) is 2.96. The van der Waals surface area contributed by atoms with Gasteiger partial charge in [-0.1, -0.05) is 38.5 Å². The summed E-state index contributed by atoms with van der Waals surface area (Å²) in [6.07, 6.45) is 3.92. The number of aryl methyl sites for hydroxylation is 2. The minimum atomic E-state index is -3.54. The molecule has 8 nitrogen and oxygen atoms in total. The SMILES string of the molecule is CCCCNC(=O)[C@@H](CC)N(Cc1ccc(OC)cc1)C(=O)CCCN(c1cc(C)cc(C)c1)S(C)(=O)=O. The largest absolute Gasteiger partial charge is 0.497 e. The number of amides is 2.